The summed E-state index contributed by atoms with van der Waals surface area (Å²) in [5.74, 6) is 0. The summed E-state index contributed by atoms with van der Waals surface area (Å²) in [6, 6.07) is 0. The molecule has 0 heterocycles. The van der Waals surface area contributed by atoms with Gasteiger partial charge in [-0.1, -0.05) is 0 Å². The number of aliphatic hydroxyl groups excluding tert-OH is 3. The molecule has 0 fully saturated rings. The van der Waals surface area contributed by atoms with E-state index in [4.69, 9.17) is 19.7 Å². The first-order chi connectivity index (χ1) is 6.70. The van der Waals surface area contributed by atoms with Crippen LogP contribution in [0.25, 0.3) is 0 Å². The molecule has 0 aromatic rings. The van der Waals surface area contributed by atoms with Gasteiger partial charge in [-0.15, -0.1) is 0 Å². The number of hydrogen-bond donors (Lipinski definition) is 3. The van der Waals surface area contributed by atoms with Crippen LogP contribution in [0.5, 0.6) is 0 Å². The third-order valence-corrected chi connectivity index (χ3v) is 1.38. The molecule has 2 atom stereocenters. The minimum absolute atomic E-state index is 0.00895. The molecule has 0 saturated heterocycles. The van der Waals surface area contributed by atoms with Gasteiger partial charge < -0.3 is 24.8 Å². The first-order valence-corrected chi connectivity index (χ1v) is 4.44. The highest BCUT2D eigenvalue weighted by Crippen LogP contribution is 1.90. The average Bonchev–Trinajstić information content (AvgIpc) is 2.18. The van der Waals surface area contributed by atoms with Crippen LogP contribution in [-0.4, -0.2) is 60.6 Å². The van der Waals surface area contributed by atoms with Gasteiger partial charge in [-0.2, -0.15) is 0 Å². The molecule has 2 radical (unpaired) electrons. The van der Waals surface area contributed by atoms with Crippen molar-refractivity contribution < 1.29 is 24.8 Å². The van der Waals surface area contributed by atoms with E-state index in [2.05, 4.69) is 6.92 Å². The predicted molar refractivity (Wildman–Crippen MR) is 50.4 cm³/mol. The van der Waals surface area contributed by atoms with Gasteiger partial charge in [0.05, 0.1) is 26.4 Å². The third-order valence-electron chi connectivity index (χ3n) is 1.38. The fourth-order valence-corrected chi connectivity index (χ4v) is 0.728. The Bertz CT molecular complexity index is 120. The first kappa shape index (κ1) is 13.8. The summed E-state index contributed by atoms with van der Waals surface area (Å²) in [5, 5.41) is 26.6. The fraction of sp³-hybridized carbons (Fsp3) is 0.778. The summed E-state index contributed by atoms with van der Waals surface area (Å²) < 4.78 is 9.88. The second-order valence-electron chi connectivity index (χ2n) is 2.85. The van der Waals surface area contributed by atoms with Crippen molar-refractivity contribution in [1.82, 2.24) is 0 Å². The minimum Gasteiger partial charge on any atom is -0.394 e. The first-order valence-electron chi connectivity index (χ1n) is 4.44. The van der Waals surface area contributed by atoms with Crippen LogP contribution in [0, 0.1) is 13.3 Å². The fourth-order valence-electron chi connectivity index (χ4n) is 0.728. The zero-order chi connectivity index (χ0) is 10.8. The highest BCUT2D eigenvalue weighted by molar-refractivity contribution is 4.64. The predicted octanol–water partition coefficient (Wildman–Crippen LogP) is -1.23. The Morgan fingerprint density at radius 3 is 2.21 bits per heavy atom. The molecule has 0 spiro atoms. The maximum atomic E-state index is 9.23. The zero-order valence-corrected chi connectivity index (χ0v) is 8.13. The summed E-state index contributed by atoms with van der Waals surface area (Å²) in [6.45, 7) is 3.75. The highest BCUT2D eigenvalue weighted by Gasteiger charge is 2.06. The van der Waals surface area contributed by atoms with Crippen molar-refractivity contribution in [2.24, 2.45) is 0 Å². The number of hydrogen-bond acceptors (Lipinski definition) is 5. The number of ether oxygens (including phenoxy) is 2. The van der Waals surface area contributed by atoms with Crippen molar-refractivity contribution in [3.63, 3.8) is 0 Å². The van der Waals surface area contributed by atoms with Crippen molar-refractivity contribution in [3.8, 4) is 0 Å². The third kappa shape index (κ3) is 8.40. The Morgan fingerprint density at radius 2 is 1.64 bits per heavy atom. The van der Waals surface area contributed by atoms with Crippen LogP contribution in [0.2, 0.25) is 0 Å². The Kier molecular flexibility index (Phi) is 9.23. The molecule has 0 aromatic carbocycles. The Labute approximate surface area is 84.3 Å². The highest BCUT2D eigenvalue weighted by atomic mass is 16.5. The van der Waals surface area contributed by atoms with Crippen LogP contribution >= 0.6 is 0 Å². The quantitative estimate of drug-likeness (QED) is 0.412. The van der Waals surface area contributed by atoms with E-state index >= 15 is 0 Å². The van der Waals surface area contributed by atoms with Crippen molar-refractivity contribution in [1.29, 1.82) is 0 Å². The van der Waals surface area contributed by atoms with Crippen molar-refractivity contribution in [2.45, 2.75) is 12.2 Å². The van der Waals surface area contributed by atoms with E-state index < -0.39 is 12.2 Å². The molecule has 2 unspecified atom stereocenters. The summed E-state index contributed by atoms with van der Waals surface area (Å²) in [7, 11) is 0. The second kappa shape index (κ2) is 9.36. The van der Waals surface area contributed by atoms with Crippen LogP contribution in [0.4, 0.5) is 0 Å². The second-order valence-corrected chi connectivity index (χ2v) is 2.85. The molecule has 0 amide bonds. The summed E-state index contributed by atoms with van der Waals surface area (Å²) in [4.78, 5) is 0. The Hall–Kier alpha value is -0.200. The maximum Gasteiger partial charge on any atom is 0.101 e. The normalized spacial score (nSPS) is 15.4. The molecule has 0 aliphatic rings. The van der Waals surface area contributed by atoms with Crippen LogP contribution in [0.3, 0.4) is 0 Å². The molecule has 14 heavy (non-hydrogen) atoms. The van der Waals surface area contributed by atoms with E-state index in [1.54, 1.807) is 6.42 Å². The van der Waals surface area contributed by atoms with Crippen LogP contribution in [0.1, 0.15) is 0 Å². The number of rotatable bonds is 9. The molecule has 5 nitrogen and oxygen atoms in total. The van der Waals surface area contributed by atoms with Crippen molar-refractivity contribution in [3.05, 3.63) is 13.3 Å². The van der Waals surface area contributed by atoms with E-state index in [1.807, 2.05) is 0 Å². The Morgan fingerprint density at radius 1 is 1.07 bits per heavy atom. The lowest BCUT2D eigenvalue weighted by molar-refractivity contribution is -0.0456. The van der Waals surface area contributed by atoms with Gasteiger partial charge in [0.1, 0.15) is 12.2 Å². The topological polar surface area (TPSA) is 79.2 Å². The van der Waals surface area contributed by atoms with Gasteiger partial charge in [0.2, 0.25) is 0 Å². The Balaban J connectivity index is 3.21. The van der Waals surface area contributed by atoms with Crippen molar-refractivity contribution >= 4 is 0 Å². The van der Waals surface area contributed by atoms with Gasteiger partial charge in [-0.05, 0) is 13.3 Å². The molecule has 3 N–H and O–H groups in total. The lowest BCUT2D eigenvalue weighted by atomic mass is 10.4. The monoisotopic (exact) mass is 206 g/mol. The summed E-state index contributed by atoms with van der Waals surface area (Å²) in [6.07, 6.45) is -0.0274. The molecular formula is C9H18O5. The lowest BCUT2D eigenvalue weighted by Gasteiger charge is -2.12. The molecule has 0 aliphatic heterocycles. The summed E-state index contributed by atoms with van der Waals surface area (Å²) >= 11 is 0. The number of aliphatic hydroxyl groups is 3. The van der Waals surface area contributed by atoms with Gasteiger partial charge in [-0.25, -0.2) is 0 Å². The van der Waals surface area contributed by atoms with E-state index in [-0.39, 0.29) is 26.4 Å². The van der Waals surface area contributed by atoms with E-state index in [0.29, 0.717) is 6.61 Å². The van der Waals surface area contributed by atoms with Crippen LogP contribution in [-0.2, 0) is 9.47 Å². The molecule has 5 heteroatoms. The SMILES string of the molecule is [CH2][CH]COCC(O)COCC(O)CO. The van der Waals surface area contributed by atoms with E-state index in [1.165, 1.54) is 0 Å². The summed E-state index contributed by atoms with van der Waals surface area (Å²) in [5.41, 5.74) is 0. The minimum atomic E-state index is -0.892. The maximum absolute atomic E-state index is 9.23. The lowest BCUT2D eigenvalue weighted by Crippen LogP contribution is -2.26. The van der Waals surface area contributed by atoms with Gasteiger partial charge >= 0.3 is 0 Å². The van der Waals surface area contributed by atoms with Gasteiger partial charge in [0.15, 0.2) is 0 Å². The van der Waals surface area contributed by atoms with Gasteiger partial charge in [0, 0.05) is 6.61 Å². The van der Waals surface area contributed by atoms with Crippen LogP contribution < -0.4 is 0 Å². The molecule has 0 bridgehead atoms. The average molecular weight is 206 g/mol. The molecule has 0 aromatic heterocycles. The van der Waals surface area contributed by atoms with Gasteiger partial charge in [0.25, 0.3) is 0 Å². The standard InChI is InChI=1S/C9H18O5/c1-2-3-13-6-9(12)7-14-5-8(11)4-10/h2,8-12H,1,3-7H2. The molecule has 84 valence electrons. The molecule has 0 rings (SSSR count). The van der Waals surface area contributed by atoms with Crippen molar-refractivity contribution in [2.75, 3.05) is 33.0 Å². The van der Waals surface area contributed by atoms with Gasteiger partial charge in [-0.3, -0.25) is 0 Å². The molecule has 0 saturated carbocycles. The van der Waals surface area contributed by atoms with Crippen LogP contribution in [0.15, 0.2) is 0 Å². The molecule has 0 aliphatic carbocycles. The zero-order valence-electron chi connectivity index (χ0n) is 8.13. The van der Waals surface area contributed by atoms with E-state index in [9.17, 15) is 5.11 Å². The molecular weight excluding hydrogens is 188 g/mol. The largest absolute Gasteiger partial charge is 0.394 e. The van der Waals surface area contributed by atoms with E-state index in [0.717, 1.165) is 0 Å². The smallest absolute Gasteiger partial charge is 0.101 e.